The molecule has 0 aliphatic heterocycles. The molecule has 2 nitrogen and oxygen atoms in total. The highest BCUT2D eigenvalue weighted by atomic mass is 35.5. The molecule has 0 aromatic heterocycles. The van der Waals surface area contributed by atoms with Crippen LogP contribution in [0.3, 0.4) is 0 Å². The molecular weight excluding hydrogens is 244 g/mol. The highest BCUT2D eigenvalue weighted by molar-refractivity contribution is 8.00. The molecule has 0 atom stereocenters. The molecule has 2 aromatic carbocycles. The van der Waals surface area contributed by atoms with Gasteiger partial charge in [-0.15, -0.1) is 11.8 Å². The van der Waals surface area contributed by atoms with E-state index in [9.17, 15) is 4.79 Å². The standard InChI is InChI=1S/C12H9ClO2S/c13-9-5-1-3-8-4-2-6-10(12(8)9)16-7-11(14)15/h1-6H,7H2,(H,14,15). The van der Waals surface area contributed by atoms with E-state index in [0.717, 1.165) is 15.7 Å². The lowest BCUT2D eigenvalue weighted by atomic mass is 10.1. The number of fused-ring (bicyclic) bond motifs is 1. The van der Waals surface area contributed by atoms with Crippen LogP contribution in [0.1, 0.15) is 0 Å². The first-order valence-corrected chi connectivity index (χ1v) is 6.06. The summed E-state index contributed by atoms with van der Waals surface area (Å²) >= 11 is 7.40. The van der Waals surface area contributed by atoms with Gasteiger partial charge in [-0.05, 0) is 17.5 Å². The third kappa shape index (κ3) is 2.31. The van der Waals surface area contributed by atoms with E-state index in [-0.39, 0.29) is 5.75 Å². The van der Waals surface area contributed by atoms with Gasteiger partial charge in [-0.3, -0.25) is 4.79 Å². The molecule has 0 saturated carbocycles. The summed E-state index contributed by atoms with van der Waals surface area (Å²) in [6, 6.07) is 11.4. The first-order valence-electron chi connectivity index (χ1n) is 4.70. The Morgan fingerprint density at radius 2 is 1.94 bits per heavy atom. The monoisotopic (exact) mass is 252 g/mol. The van der Waals surface area contributed by atoms with Crippen LogP contribution in [0, 0.1) is 0 Å². The molecule has 1 N–H and O–H groups in total. The van der Waals surface area contributed by atoms with Gasteiger partial charge in [-0.1, -0.05) is 35.9 Å². The van der Waals surface area contributed by atoms with E-state index in [2.05, 4.69) is 0 Å². The molecule has 0 radical (unpaired) electrons. The molecule has 16 heavy (non-hydrogen) atoms. The number of rotatable bonds is 3. The van der Waals surface area contributed by atoms with Crippen molar-refractivity contribution in [1.82, 2.24) is 0 Å². The van der Waals surface area contributed by atoms with Gasteiger partial charge in [-0.25, -0.2) is 0 Å². The third-order valence-corrected chi connectivity index (χ3v) is 3.52. The van der Waals surface area contributed by atoms with Gasteiger partial charge in [0.1, 0.15) is 0 Å². The number of benzene rings is 2. The van der Waals surface area contributed by atoms with E-state index in [1.807, 2.05) is 36.4 Å². The smallest absolute Gasteiger partial charge is 0.313 e. The molecule has 0 unspecified atom stereocenters. The Bertz CT molecular complexity index is 534. The fourth-order valence-corrected chi connectivity index (χ4v) is 2.69. The van der Waals surface area contributed by atoms with Crippen LogP contribution in [-0.4, -0.2) is 16.8 Å². The van der Waals surface area contributed by atoms with Crippen molar-refractivity contribution in [2.24, 2.45) is 0 Å². The molecular formula is C12H9ClO2S. The molecule has 2 rings (SSSR count). The summed E-state index contributed by atoms with van der Waals surface area (Å²) in [5, 5.41) is 11.3. The summed E-state index contributed by atoms with van der Waals surface area (Å²) in [4.78, 5) is 11.4. The SMILES string of the molecule is O=C(O)CSc1cccc2cccc(Cl)c12. The summed E-state index contributed by atoms with van der Waals surface area (Å²) in [5.74, 6) is -0.779. The van der Waals surface area contributed by atoms with Gasteiger partial charge in [0.25, 0.3) is 0 Å². The number of halogens is 1. The number of hydrogen-bond acceptors (Lipinski definition) is 2. The van der Waals surface area contributed by atoms with E-state index in [4.69, 9.17) is 16.7 Å². The summed E-state index contributed by atoms with van der Waals surface area (Å²) in [6.45, 7) is 0. The quantitative estimate of drug-likeness (QED) is 0.847. The molecule has 0 aliphatic rings. The molecule has 0 heterocycles. The average Bonchev–Trinajstić information content (AvgIpc) is 2.26. The van der Waals surface area contributed by atoms with Crippen LogP contribution in [0.5, 0.6) is 0 Å². The van der Waals surface area contributed by atoms with E-state index in [1.165, 1.54) is 11.8 Å². The lowest BCUT2D eigenvalue weighted by Crippen LogP contribution is -1.97. The minimum atomic E-state index is -0.825. The van der Waals surface area contributed by atoms with E-state index in [1.54, 1.807) is 0 Å². The highest BCUT2D eigenvalue weighted by Crippen LogP contribution is 2.32. The Labute approximate surface area is 102 Å². The number of thioether (sulfide) groups is 1. The fraction of sp³-hybridized carbons (Fsp3) is 0.0833. The summed E-state index contributed by atoms with van der Waals surface area (Å²) in [5.41, 5.74) is 0. The summed E-state index contributed by atoms with van der Waals surface area (Å²) < 4.78 is 0. The second-order valence-electron chi connectivity index (χ2n) is 3.28. The average molecular weight is 253 g/mol. The predicted molar refractivity (Wildman–Crippen MR) is 67.3 cm³/mol. The Balaban J connectivity index is 2.48. The molecule has 0 saturated heterocycles. The van der Waals surface area contributed by atoms with Gasteiger partial charge >= 0.3 is 5.97 Å². The molecule has 2 aromatic rings. The fourth-order valence-electron chi connectivity index (χ4n) is 1.52. The molecule has 0 bridgehead atoms. The Kier molecular flexibility index (Phi) is 3.36. The highest BCUT2D eigenvalue weighted by Gasteiger charge is 2.06. The van der Waals surface area contributed by atoms with Crippen molar-refractivity contribution in [1.29, 1.82) is 0 Å². The molecule has 82 valence electrons. The van der Waals surface area contributed by atoms with Crippen LogP contribution in [-0.2, 0) is 4.79 Å². The zero-order valence-electron chi connectivity index (χ0n) is 8.31. The number of aliphatic carboxylic acids is 1. The van der Waals surface area contributed by atoms with Crippen LogP contribution in [0.4, 0.5) is 0 Å². The largest absolute Gasteiger partial charge is 0.481 e. The molecule has 4 heteroatoms. The van der Waals surface area contributed by atoms with Crippen LogP contribution < -0.4 is 0 Å². The number of carbonyl (C=O) groups is 1. The van der Waals surface area contributed by atoms with Crippen molar-refractivity contribution in [3.05, 3.63) is 41.4 Å². The zero-order chi connectivity index (χ0) is 11.5. The van der Waals surface area contributed by atoms with E-state index >= 15 is 0 Å². The zero-order valence-corrected chi connectivity index (χ0v) is 9.89. The van der Waals surface area contributed by atoms with Crippen molar-refractivity contribution in [2.45, 2.75) is 4.90 Å². The lowest BCUT2D eigenvalue weighted by molar-refractivity contribution is -0.133. The van der Waals surface area contributed by atoms with Crippen molar-refractivity contribution in [3.63, 3.8) is 0 Å². The number of carboxylic acids is 1. The summed E-state index contributed by atoms with van der Waals surface area (Å²) in [7, 11) is 0. The van der Waals surface area contributed by atoms with Crippen molar-refractivity contribution >= 4 is 40.1 Å². The Morgan fingerprint density at radius 1 is 1.25 bits per heavy atom. The minimum absolute atomic E-state index is 0.0460. The van der Waals surface area contributed by atoms with Gasteiger partial charge in [0, 0.05) is 15.3 Å². The second-order valence-corrected chi connectivity index (χ2v) is 4.70. The Morgan fingerprint density at radius 3 is 2.62 bits per heavy atom. The van der Waals surface area contributed by atoms with Crippen molar-refractivity contribution in [2.75, 3.05) is 5.75 Å². The second kappa shape index (κ2) is 4.76. The lowest BCUT2D eigenvalue weighted by Gasteiger charge is -2.06. The van der Waals surface area contributed by atoms with Crippen molar-refractivity contribution in [3.8, 4) is 0 Å². The molecule has 0 fully saturated rings. The number of carboxylic acid groups (broad SMARTS) is 1. The van der Waals surface area contributed by atoms with Crippen LogP contribution in [0.2, 0.25) is 5.02 Å². The van der Waals surface area contributed by atoms with Crippen molar-refractivity contribution < 1.29 is 9.90 Å². The molecule has 0 aliphatic carbocycles. The van der Waals surface area contributed by atoms with Gasteiger partial charge in [0.05, 0.1) is 5.75 Å². The molecule has 0 amide bonds. The topological polar surface area (TPSA) is 37.3 Å². The Hall–Kier alpha value is -1.19. The van der Waals surface area contributed by atoms with Gasteiger partial charge in [0.2, 0.25) is 0 Å². The summed E-state index contributed by atoms with van der Waals surface area (Å²) in [6.07, 6.45) is 0. The van der Waals surface area contributed by atoms with Crippen LogP contribution >= 0.6 is 23.4 Å². The first kappa shape index (κ1) is 11.3. The van der Waals surface area contributed by atoms with Gasteiger partial charge < -0.3 is 5.11 Å². The first-order chi connectivity index (χ1) is 7.68. The number of hydrogen-bond donors (Lipinski definition) is 1. The maximum atomic E-state index is 10.5. The maximum Gasteiger partial charge on any atom is 0.313 e. The van der Waals surface area contributed by atoms with E-state index < -0.39 is 5.97 Å². The minimum Gasteiger partial charge on any atom is -0.481 e. The molecule has 0 spiro atoms. The van der Waals surface area contributed by atoms with Crippen LogP contribution in [0.15, 0.2) is 41.3 Å². The third-order valence-electron chi connectivity index (χ3n) is 2.17. The van der Waals surface area contributed by atoms with Crippen LogP contribution in [0.25, 0.3) is 10.8 Å². The van der Waals surface area contributed by atoms with Gasteiger partial charge in [-0.2, -0.15) is 0 Å². The maximum absolute atomic E-state index is 10.5. The normalized spacial score (nSPS) is 10.6. The van der Waals surface area contributed by atoms with E-state index in [0.29, 0.717) is 5.02 Å². The van der Waals surface area contributed by atoms with Gasteiger partial charge in [0.15, 0.2) is 0 Å². The predicted octanol–water partition coefficient (Wildman–Crippen LogP) is 3.67.